The summed E-state index contributed by atoms with van der Waals surface area (Å²) in [6.07, 6.45) is 1.60. The maximum atomic E-state index is 5.94. The summed E-state index contributed by atoms with van der Waals surface area (Å²) >= 11 is 0. The van der Waals surface area contributed by atoms with E-state index in [2.05, 4.69) is 9.97 Å². The average Bonchev–Trinajstić information content (AvgIpc) is 2.57. The second-order valence-electron chi connectivity index (χ2n) is 5.41. The van der Waals surface area contributed by atoms with Crippen molar-refractivity contribution >= 4 is 12.6 Å². The molecule has 0 amide bonds. The molecule has 1 aliphatic rings. The number of rotatable bonds is 3. The quantitative estimate of drug-likeness (QED) is 0.754. The van der Waals surface area contributed by atoms with Crippen LogP contribution in [0.25, 0.3) is 0 Å². The monoisotopic (exact) mass is 266 g/mol. The molecule has 0 saturated carbocycles. The molecule has 1 aromatic rings. The summed E-state index contributed by atoms with van der Waals surface area (Å²) < 4.78 is 22.1. The van der Waals surface area contributed by atoms with Gasteiger partial charge in [-0.15, -0.1) is 0 Å². The molecule has 1 aromatic heterocycles. The van der Waals surface area contributed by atoms with Crippen LogP contribution in [0.4, 0.5) is 0 Å². The van der Waals surface area contributed by atoms with Gasteiger partial charge in [-0.05, 0) is 27.7 Å². The molecule has 0 aromatic carbocycles. The van der Waals surface area contributed by atoms with Gasteiger partial charge in [0.25, 0.3) is 0 Å². The van der Waals surface area contributed by atoms with Gasteiger partial charge in [0, 0.05) is 6.20 Å². The van der Waals surface area contributed by atoms with Crippen molar-refractivity contribution in [2.75, 3.05) is 14.2 Å². The Balaban J connectivity index is 2.34. The molecule has 19 heavy (non-hydrogen) atoms. The lowest BCUT2D eigenvalue weighted by Crippen LogP contribution is -2.41. The third kappa shape index (κ3) is 2.40. The lowest BCUT2D eigenvalue weighted by atomic mass is 9.81. The third-order valence-corrected chi connectivity index (χ3v) is 3.64. The standard InChI is InChI=1S/C12H19BN2O4/c1-11(2)12(3,4)19-13(18-11)8-7-14-10(17-6)15-9(8)16-5/h7H,1-6H3. The molecule has 1 saturated heterocycles. The first kappa shape index (κ1) is 14.1. The Bertz CT molecular complexity index is 463. The predicted molar refractivity (Wildman–Crippen MR) is 70.9 cm³/mol. The maximum absolute atomic E-state index is 5.94. The summed E-state index contributed by atoms with van der Waals surface area (Å²) in [4.78, 5) is 8.21. The highest BCUT2D eigenvalue weighted by molar-refractivity contribution is 6.63. The fraction of sp³-hybridized carbons (Fsp3) is 0.667. The molecule has 0 spiro atoms. The van der Waals surface area contributed by atoms with Gasteiger partial charge in [0.05, 0.1) is 30.9 Å². The van der Waals surface area contributed by atoms with Crippen molar-refractivity contribution < 1.29 is 18.8 Å². The van der Waals surface area contributed by atoms with Crippen molar-refractivity contribution in [2.45, 2.75) is 38.9 Å². The predicted octanol–water partition coefficient (Wildman–Crippen LogP) is 0.793. The molecule has 1 aliphatic heterocycles. The Labute approximate surface area is 113 Å². The summed E-state index contributed by atoms with van der Waals surface area (Å²) in [7, 11) is 2.49. The van der Waals surface area contributed by atoms with Crippen LogP contribution in [-0.4, -0.2) is 42.5 Å². The number of aromatic nitrogens is 2. The van der Waals surface area contributed by atoms with E-state index in [1.54, 1.807) is 6.20 Å². The molecule has 0 unspecified atom stereocenters. The molecule has 0 atom stereocenters. The maximum Gasteiger partial charge on any atom is 0.502 e. The summed E-state index contributed by atoms with van der Waals surface area (Å²) in [6.45, 7) is 7.96. The van der Waals surface area contributed by atoms with Crippen molar-refractivity contribution in [1.29, 1.82) is 0 Å². The highest BCUT2D eigenvalue weighted by atomic mass is 16.7. The minimum Gasteiger partial charge on any atom is -0.481 e. The Morgan fingerprint density at radius 2 is 1.63 bits per heavy atom. The van der Waals surface area contributed by atoms with Gasteiger partial charge in [-0.25, -0.2) is 4.98 Å². The van der Waals surface area contributed by atoms with E-state index in [-0.39, 0.29) is 6.01 Å². The van der Waals surface area contributed by atoms with Gasteiger partial charge in [0.1, 0.15) is 0 Å². The van der Waals surface area contributed by atoms with Gasteiger partial charge < -0.3 is 18.8 Å². The molecule has 7 heteroatoms. The van der Waals surface area contributed by atoms with Gasteiger partial charge in [0.15, 0.2) is 0 Å². The normalized spacial score (nSPS) is 20.4. The van der Waals surface area contributed by atoms with Crippen molar-refractivity contribution in [3.05, 3.63) is 6.20 Å². The zero-order valence-electron chi connectivity index (χ0n) is 12.2. The van der Waals surface area contributed by atoms with Crippen LogP contribution in [0.15, 0.2) is 6.20 Å². The molecule has 0 aliphatic carbocycles. The van der Waals surface area contributed by atoms with E-state index in [0.717, 1.165) is 0 Å². The second kappa shape index (κ2) is 4.65. The number of methoxy groups -OCH3 is 2. The number of hydrogen-bond acceptors (Lipinski definition) is 6. The summed E-state index contributed by atoms with van der Waals surface area (Å²) in [5.41, 5.74) is -0.174. The Kier molecular flexibility index (Phi) is 3.44. The van der Waals surface area contributed by atoms with Crippen LogP contribution in [0.1, 0.15) is 27.7 Å². The third-order valence-electron chi connectivity index (χ3n) is 3.64. The largest absolute Gasteiger partial charge is 0.502 e. The molecule has 2 heterocycles. The highest BCUT2D eigenvalue weighted by Gasteiger charge is 2.52. The SMILES string of the molecule is COc1ncc(B2OC(C)(C)C(C)(C)O2)c(OC)n1. The van der Waals surface area contributed by atoms with Gasteiger partial charge in [-0.1, -0.05) is 0 Å². The Morgan fingerprint density at radius 1 is 1.05 bits per heavy atom. The van der Waals surface area contributed by atoms with E-state index < -0.39 is 18.3 Å². The molecule has 6 nitrogen and oxygen atoms in total. The van der Waals surface area contributed by atoms with E-state index in [9.17, 15) is 0 Å². The van der Waals surface area contributed by atoms with Gasteiger partial charge in [0.2, 0.25) is 5.88 Å². The van der Waals surface area contributed by atoms with Crippen LogP contribution < -0.4 is 14.9 Å². The lowest BCUT2D eigenvalue weighted by molar-refractivity contribution is 0.00578. The first-order valence-corrected chi connectivity index (χ1v) is 6.11. The van der Waals surface area contributed by atoms with Gasteiger partial charge in [-0.3, -0.25) is 0 Å². The van der Waals surface area contributed by atoms with Crippen LogP contribution in [0.3, 0.4) is 0 Å². The van der Waals surface area contributed by atoms with Crippen LogP contribution in [0, 0.1) is 0 Å². The molecule has 2 rings (SSSR count). The molecule has 1 fully saturated rings. The fourth-order valence-corrected chi connectivity index (χ4v) is 1.75. The number of hydrogen-bond donors (Lipinski definition) is 0. The molecule has 0 radical (unpaired) electrons. The van der Waals surface area contributed by atoms with E-state index in [0.29, 0.717) is 11.3 Å². The van der Waals surface area contributed by atoms with Crippen molar-refractivity contribution in [3.63, 3.8) is 0 Å². The topological polar surface area (TPSA) is 62.7 Å². The fourth-order valence-electron chi connectivity index (χ4n) is 1.75. The van der Waals surface area contributed by atoms with E-state index in [1.807, 2.05) is 27.7 Å². The second-order valence-corrected chi connectivity index (χ2v) is 5.41. The van der Waals surface area contributed by atoms with Crippen LogP contribution >= 0.6 is 0 Å². The first-order chi connectivity index (χ1) is 8.80. The molecule has 104 valence electrons. The zero-order valence-corrected chi connectivity index (χ0v) is 12.2. The first-order valence-electron chi connectivity index (χ1n) is 6.11. The van der Waals surface area contributed by atoms with Crippen molar-refractivity contribution in [3.8, 4) is 11.9 Å². The summed E-state index contributed by atoms with van der Waals surface area (Å²) in [5, 5.41) is 0. The minimum atomic E-state index is -0.550. The molecule has 0 bridgehead atoms. The lowest BCUT2D eigenvalue weighted by Gasteiger charge is -2.32. The van der Waals surface area contributed by atoms with Crippen LogP contribution in [0.2, 0.25) is 0 Å². The van der Waals surface area contributed by atoms with E-state index in [4.69, 9.17) is 18.8 Å². The van der Waals surface area contributed by atoms with Gasteiger partial charge in [-0.2, -0.15) is 4.98 Å². The number of nitrogens with zero attached hydrogens (tertiary/aromatic N) is 2. The van der Waals surface area contributed by atoms with Crippen molar-refractivity contribution in [1.82, 2.24) is 9.97 Å². The number of ether oxygens (including phenoxy) is 2. The average molecular weight is 266 g/mol. The Hall–Kier alpha value is -1.34. The zero-order chi connectivity index (χ0) is 14.3. The summed E-state index contributed by atoms with van der Waals surface area (Å²) in [5.74, 6) is 0.394. The molecule has 0 N–H and O–H groups in total. The smallest absolute Gasteiger partial charge is 0.481 e. The molecular formula is C12H19BN2O4. The molecular weight excluding hydrogens is 247 g/mol. The van der Waals surface area contributed by atoms with E-state index in [1.165, 1.54) is 14.2 Å². The summed E-state index contributed by atoms with van der Waals surface area (Å²) in [6, 6.07) is 0.247. The van der Waals surface area contributed by atoms with Crippen LogP contribution in [-0.2, 0) is 9.31 Å². The Morgan fingerprint density at radius 3 is 2.11 bits per heavy atom. The van der Waals surface area contributed by atoms with Crippen LogP contribution in [0.5, 0.6) is 11.9 Å². The van der Waals surface area contributed by atoms with Gasteiger partial charge >= 0.3 is 13.1 Å². The van der Waals surface area contributed by atoms with E-state index >= 15 is 0 Å². The minimum absolute atomic E-state index is 0.247. The highest BCUT2D eigenvalue weighted by Crippen LogP contribution is 2.37. The van der Waals surface area contributed by atoms with Crippen molar-refractivity contribution in [2.24, 2.45) is 0 Å².